The van der Waals surface area contributed by atoms with Crippen molar-refractivity contribution in [2.24, 2.45) is 0 Å². The quantitative estimate of drug-likeness (QED) is 0.717. The number of ketones is 1. The Morgan fingerprint density at radius 3 is 2.70 bits per heavy atom. The van der Waals surface area contributed by atoms with Gasteiger partial charge in [0.05, 0.1) is 19.3 Å². The van der Waals surface area contributed by atoms with E-state index in [0.717, 1.165) is 11.3 Å². The van der Waals surface area contributed by atoms with Gasteiger partial charge in [-0.05, 0) is 12.0 Å². The number of carbonyl (C=O) groups excluding carboxylic acids is 3. The van der Waals surface area contributed by atoms with Gasteiger partial charge in [0.25, 0.3) is 0 Å². The number of hydrogen-bond donors (Lipinski definition) is 1. The second kappa shape index (κ2) is 9.80. The molecule has 3 atom stereocenters. The normalized spacial score (nSPS) is 24.6. The molecule has 0 saturated carbocycles. The van der Waals surface area contributed by atoms with Crippen LogP contribution in [0.1, 0.15) is 12.0 Å². The number of hydrogen-bond acceptors (Lipinski definition) is 6. The van der Waals surface area contributed by atoms with E-state index in [9.17, 15) is 14.4 Å². The van der Waals surface area contributed by atoms with Crippen molar-refractivity contribution in [1.82, 2.24) is 15.1 Å². The predicted octanol–water partition coefficient (Wildman–Crippen LogP) is 0.899. The number of ether oxygens (including phenoxy) is 2. The fourth-order valence-electron chi connectivity index (χ4n) is 4.09. The number of Topliss-reactive ketones (excluding diaryl/α,β-unsaturated/α-hetero) is 1. The highest BCUT2D eigenvalue weighted by atomic mass is 32.2. The van der Waals surface area contributed by atoms with Crippen molar-refractivity contribution in [1.29, 1.82) is 0 Å². The summed E-state index contributed by atoms with van der Waals surface area (Å²) >= 11 is 1.59. The van der Waals surface area contributed by atoms with E-state index in [4.69, 9.17) is 9.47 Å². The summed E-state index contributed by atoms with van der Waals surface area (Å²) in [5.41, 5.74) is 1.16. The maximum atomic E-state index is 13.3. The summed E-state index contributed by atoms with van der Waals surface area (Å²) < 4.78 is 10.8. The molecule has 0 bridgehead atoms. The number of morpholine rings is 1. The molecule has 0 radical (unpaired) electrons. The van der Waals surface area contributed by atoms with E-state index < -0.39 is 12.1 Å². The molecule has 0 aromatic heterocycles. The zero-order chi connectivity index (χ0) is 20.9. The van der Waals surface area contributed by atoms with Crippen molar-refractivity contribution in [3.63, 3.8) is 0 Å². The molecule has 3 amide bonds. The Morgan fingerprint density at radius 2 is 1.93 bits per heavy atom. The van der Waals surface area contributed by atoms with Crippen LogP contribution in [0.5, 0.6) is 0 Å². The smallest absolute Gasteiger partial charge is 0.318 e. The molecule has 1 aromatic rings. The minimum Gasteiger partial charge on any atom is -0.378 e. The van der Waals surface area contributed by atoms with Crippen LogP contribution < -0.4 is 5.32 Å². The van der Waals surface area contributed by atoms with Gasteiger partial charge in [0.1, 0.15) is 18.7 Å². The topological polar surface area (TPSA) is 88.2 Å². The zero-order valence-corrected chi connectivity index (χ0v) is 17.6. The van der Waals surface area contributed by atoms with E-state index in [1.807, 2.05) is 30.3 Å². The van der Waals surface area contributed by atoms with Gasteiger partial charge in [-0.15, -0.1) is 0 Å². The second-order valence-electron chi connectivity index (χ2n) is 7.68. The lowest BCUT2D eigenvalue weighted by atomic mass is 10.1. The number of likely N-dealkylation sites (tertiary alicyclic amines) is 1. The molecule has 1 N–H and O–H groups in total. The molecule has 9 heteroatoms. The van der Waals surface area contributed by atoms with Crippen LogP contribution >= 0.6 is 11.8 Å². The molecule has 1 aromatic carbocycles. The van der Waals surface area contributed by atoms with Crippen molar-refractivity contribution < 1.29 is 23.9 Å². The maximum Gasteiger partial charge on any atom is 0.318 e. The average Bonchev–Trinajstić information content (AvgIpc) is 3.37. The molecular weight excluding hydrogens is 406 g/mol. The number of carbonyl (C=O) groups is 3. The van der Waals surface area contributed by atoms with Gasteiger partial charge in [0.15, 0.2) is 5.78 Å². The first-order chi connectivity index (χ1) is 14.6. The first-order valence-corrected chi connectivity index (χ1v) is 11.5. The van der Waals surface area contributed by atoms with E-state index in [1.165, 1.54) is 0 Å². The number of thioether (sulfide) groups is 1. The molecule has 3 fully saturated rings. The highest BCUT2D eigenvalue weighted by Crippen LogP contribution is 2.28. The SMILES string of the molecule is O=C1COC2CCN(C(=O)C(CSCc3ccccc3)NC(=O)N3CCOCC3)C12. The van der Waals surface area contributed by atoms with E-state index in [1.54, 1.807) is 21.6 Å². The van der Waals surface area contributed by atoms with Gasteiger partial charge in [-0.1, -0.05) is 30.3 Å². The third-order valence-electron chi connectivity index (χ3n) is 5.69. The minimum absolute atomic E-state index is 0.0546. The van der Waals surface area contributed by atoms with Gasteiger partial charge in [0.2, 0.25) is 5.91 Å². The summed E-state index contributed by atoms with van der Waals surface area (Å²) in [4.78, 5) is 41.6. The predicted molar refractivity (Wildman–Crippen MR) is 112 cm³/mol. The van der Waals surface area contributed by atoms with E-state index in [2.05, 4.69) is 5.32 Å². The van der Waals surface area contributed by atoms with Crippen LogP contribution in [0.15, 0.2) is 30.3 Å². The largest absolute Gasteiger partial charge is 0.378 e. The Kier molecular flexibility index (Phi) is 6.91. The van der Waals surface area contributed by atoms with Gasteiger partial charge < -0.3 is 24.6 Å². The highest BCUT2D eigenvalue weighted by Gasteiger charge is 2.48. The summed E-state index contributed by atoms with van der Waals surface area (Å²) in [6, 6.07) is 8.53. The molecule has 8 nitrogen and oxygen atoms in total. The van der Waals surface area contributed by atoms with Gasteiger partial charge >= 0.3 is 6.03 Å². The first-order valence-electron chi connectivity index (χ1n) is 10.3. The lowest BCUT2D eigenvalue weighted by Gasteiger charge is -2.31. The summed E-state index contributed by atoms with van der Waals surface area (Å²) in [5, 5.41) is 2.91. The fraction of sp³-hybridized carbons (Fsp3) is 0.571. The van der Waals surface area contributed by atoms with Gasteiger partial charge in [-0.2, -0.15) is 11.8 Å². The zero-order valence-electron chi connectivity index (χ0n) is 16.8. The average molecular weight is 434 g/mol. The Bertz CT molecular complexity index is 771. The fourth-order valence-corrected chi connectivity index (χ4v) is 5.10. The summed E-state index contributed by atoms with van der Waals surface area (Å²) in [6.07, 6.45) is 0.442. The lowest BCUT2D eigenvalue weighted by Crippen LogP contribution is -2.56. The first kappa shape index (κ1) is 21.1. The van der Waals surface area contributed by atoms with Crippen LogP contribution in [0, 0.1) is 0 Å². The molecule has 30 heavy (non-hydrogen) atoms. The molecule has 3 unspecified atom stereocenters. The Morgan fingerprint density at radius 1 is 1.17 bits per heavy atom. The van der Waals surface area contributed by atoms with Crippen molar-refractivity contribution in [2.75, 3.05) is 45.2 Å². The highest BCUT2D eigenvalue weighted by molar-refractivity contribution is 7.98. The number of urea groups is 1. The van der Waals surface area contributed by atoms with Gasteiger partial charge in [0, 0.05) is 31.1 Å². The Hall–Kier alpha value is -2.10. The van der Waals surface area contributed by atoms with Crippen LogP contribution in [-0.4, -0.2) is 90.9 Å². The van der Waals surface area contributed by atoms with Crippen LogP contribution in [0.2, 0.25) is 0 Å². The standard InChI is InChI=1S/C21H27N3O5S/c25-17-12-29-18-6-7-24(19(17)18)20(26)16(14-30-13-15-4-2-1-3-5-15)22-21(27)23-8-10-28-11-9-23/h1-5,16,18-19H,6-14H2,(H,22,27). The number of fused-ring (bicyclic) bond motifs is 1. The van der Waals surface area contributed by atoms with Crippen molar-refractivity contribution in [3.05, 3.63) is 35.9 Å². The molecule has 3 aliphatic rings. The molecular formula is C21H27N3O5S. The summed E-state index contributed by atoms with van der Waals surface area (Å²) in [7, 11) is 0. The van der Waals surface area contributed by atoms with Gasteiger partial charge in [-0.3, -0.25) is 9.59 Å². The maximum absolute atomic E-state index is 13.3. The van der Waals surface area contributed by atoms with Crippen molar-refractivity contribution in [2.45, 2.75) is 30.4 Å². The number of nitrogens with one attached hydrogen (secondary N) is 1. The molecule has 3 heterocycles. The number of nitrogens with zero attached hydrogens (tertiary/aromatic N) is 2. The number of benzene rings is 1. The van der Waals surface area contributed by atoms with E-state index in [0.29, 0.717) is 45.0 Å². The third-order valence-corrected chi connectivity index (χ3v) is 6.79. The molecule has 0 spiro atoms. The second-order valence-corrected chi connectivity index (χ2v) is 8.71. The Labute approximate surface area is 180 Å². The number of rotatable bonds is 6. The molecule has 162 valence electrons. The van der Waals surface area contributed by atoms with E-state index >= 15 is 0 Å². The molecule has 3 aliphatic heterocycles. The van der Waals surface area contributed by atoms with Crippen molar-refractivity contribution in [3.8, 4) is 0 Å². The summed E-state index contributed by atoms with van der Waals surface area (Å²) in [5.74, 6) is 0.920. The monoisotopic (exact) mass is 433 g/mol. The van der Waals surface area contributed by atoms with Crippen LogP contribution in [0.4, 0.5) is 4.79 Å². The molecule has 0 aliphatic carbocycles. The summed E-state index contributed by atoms with van der Waals surface area (Å²) in [6.45, 7) is 2.54. The molecule has 4 rings (SSSR count). The van der Waals surface area contributed by atoms with Crippen LogP contribution in [0.25, 0.3) is 0 Å². The lowest BCUT2D eigenvalue weighted by molar-refractivity contribution is -0.137. The minimum atomic E-state index is -0.693. The Balaban J connectivity index is 1.42. The van der Waals surface area contributed by atoms with E-state index in [-0.39, 0.29) is 30.4 Å². The van der Waals surface area contributed by atoms with Crippen LogP contribution in [-0.2, 0) is 24.8 Å². The van der Waals surface area contributed by atoms with Gasteiger partial charge in [-0.25, -0.2) is 4.79 Å². The number of amides is 3. The van der Waals surface area contributed by atoms with Crippen molar-refractivity contribution >= 4 is 29.5 Å². The third kappa shape index (κ3) is 4.79. The molecule has 3 saturated heterocycles. The van der Waals surface area contributed by atoms with Crippen LogP contribution in [0.3, 0.4) is 0 Å².